The lowest BCUT2D eigenvalue weighted by Crippen LogP contribution is -2.33. The minimum absolute atomic E-state index is 0.0666. The molecular formula is C20H21ClN2O3. The predicted octanol–water partition coefficient (Wildman–Crippen LogP) is 4.35. The van der Waals surface area contributed by atoms with E-state index < -0.39 is 0 Å². The summed E-state index contributed by atoms with van der Waals surface area (Å²) in [6.45, 7) is 1.95. The Morgan fingerprint density at radius 1 is 1.27 bits per heavy atom. The standard InChI is InChI=1S/C20H21ClN2O3/c1-12-9-15(24)5-6-16(12)20(25)23-19-8-4-14(11-22-19)13-3-7-18(26-2)17(21)10-13/h3-4,7-8,10-12,16H,5-6,9H2,1-2H3,(H,22,23,25). The number of carbonyl (C=O) groups is 2. The number of ether oxygens (including phenoxy) is 1. The zero-order valence-electron chi connectivity index (χ0n) is 14.8. The Bertz CT molecular complexity index is 820. The van der Waals surface area contributed by atoms with Crippen molar-refractivity contribution in [2.75, 3.05) is 12.4 Å². The van der Waals surface area contributed by atoms with Gasteiger partial charge in [-0.05, 0) is 42.2 Å². The van der Waals surface area contributed by atoms with E-state index in [0.29, 0.717) is 35.9 Å². The highest BCUT2D eigenvalue weighted by atomic mass is 35.5. The molecule has 0 bridgehead atoms. The lowest BCUT2D eigenvalue weighted by molar-refractivity contribution is -0.127. The minimum Gasteiger partial charge on any atom is -0.495 e. The third-order valence-electron chi connectivity index (χ3n) is 4.81. The summed E-state index contributed by atoms with van der Waals surface area (Å²) in [5.74, 6) is 1.21. The molecule has 1 aromatic heterocycles. The molecule has 3 rings (SSSR count). The van der Waals surface area contributed by atoms with Crippen LogP contribution in [0.3, 0.4) is 0 Å². The number of methoxy groups -OCH3 is 1. The second kappa shape index (κ2) is 7.87. The van der Waals surface area contributed by atoms with Crippen LogP contribution in [0.2, 0.25) is 5.02 Å². The summed E-state index contributed by atoms with van der Waals surface area (Å²) in [6.07, 6.45) is 3.26. The molecule has 1 saturated carbocycles. The number of nitrogens with one attached hydrogen (secondary N) is 1. The third kappa shape index (κ3) is 4.05. The number of carbonyl (C=O) groups excluding carboxylic acids is 2. The molecule has 2 atom stereocenters. The molecule has 2 aromatic rings. The summed E-state index contributed by atoms with van der Waals surface area (Å²) in [7, 11) is 1.57. The smallest absolute Gasteiger partial charge is 0.228 e. The second-order valence-corrected chi connectivity index (χ2v) is 7.04. The topological polar surface area (TPSA) is 68.3 Å². The van der Waals surface area contributed by atoms with Crippen molar-refractivity contribution < 1.29 is 14.3 Å². The number of benzene rings is 1. The predicted molar refractivity (Wildman–Crippen MR) is 101 cm³/mol. The van der Waals surface area contributed by atoms with Crippen LogP contribution in [0.4, 0.5) is 5.82 Å². The summed E-state index contributed by atoms with van der Waals surface area (Å²) in [5, 5.41) is 3.39. The van der Waals surface area contributed by atoms with Crippen LogP contribution in [0.5, 0.6) is 5.75 Å². The van der Waals surface area contributed by atoms with Crippen molar-refractivity contribution in [3.05, 3.63) is 41.6 Å². The van der Waals surface area contributed by atoms with Crippen LogP contribution in [-0.2, 0) is 9.59 Å². The van der Waals surface area contributed by atoms with Gasteiger partial charge in [0.15, 0.2) is 0 Å². The number of hydrogen-bond donors (Lipinski definition) is 1. The van der Waals surface area contributed by atoms with Gasteiger partial charge in [-0.3, -0.25) is 9.59 Å². The Kier molecular flexibility index (Phi) is 5.57. The molecule has 1 heterocycles. The first-order valence-electron chi connectivity index (χ1n) is 8.60. The number of anilines is 1. The van der Waals surface area contributed by atoms with Crippen LogP contribution in [-0.4, -0.2) is 23.8 Å². The number of rotatable bonds is 4. The normalized spacial score (nSPS) is 19.9. The molecular weight excluding hydrogens is 352 g/mol. The minimum atomic E-state index is -0.144. The molecule has 1 N–H and O–H groups in total. The summed E-state index contributed by atoms with van der Waals surface area (Å²) in [6, 6.07) is 9.18. The monoisotopic (exact) mass is 372 g/mol. The number of amides is 1. The van der Waals surface area contributed by atoms with E-state index in [1.807, 2.05) is 25.1 Å². The SMILES string of the molecule is COc1ccc(-c2ccc(NC(=O)C3CCC(=O)CC3C)nc2)cc1Cl. The van der Waals surface area contributed by atoms with Gasteiger partial charge in [-0.1, -0.05) is 24.6 Å². The van der Waals surface area contributed by atoms with Crippen molar-refractivity contribution in [1.82, 2.24) is 4.98 Å². The average molecular weight is 373 g/mol. The first kappa shape index (κ1) is 18.4. The Hall–Kier alpha value is -2.40. The summed E-state index contributed by atoms with van der Waals surface area (Å²) in [4.78, 5) is 28.3. The van der Waals surface area contributed by atoms with Gasteiger partial charge in [0.2, 0.25) is 5.91 Å². The Morgan fingerprint density at radius 2 is 2.04 bits per heavy atom. The number of ketones is 1. The summed E-state index contributed by atoms with van der Waals surface area (Å²) >= 11 is 6.16. The molecule has 0 spiro atoms. The van der Waals surface area contributed by atoms with Gasteiger partial charge in [-0.2, -0.15) is 0 Å². The zero-order valence-corrected chi connectivity index (χ0v) is 15.5. The fourth-order valence-corrected chi connectivity index (χ4v) is 3.56. The van der Waals surface area contributed by atoms with Gasteiger partial charge in [0.25, 0.3) is 0 Å². The van der Waals surface area contributed by atoms with Crippen molar-refractivity contribution in [3.8, 4) is 16.9 Å². The molecule has 6 heteroatoms. The lowest BCUT2D eigenvalue weighted by atomic mass is 9.79. The lowest BCUT2D eigenvalue weighted by Gasteiger charge is -2.26. The highest BCUT2D eigenvalue weighted by Crippen LogP contribution is 2.31. The van der Waals surface area contributed by atoms with Crippen LogP contribution in [0, 0.1) is 11.8 Å². The molecule has 26 heavy (non-hydrogen) atoms. The Balaban J connectivity index is 1.69. The van der Waals surface area contributed by atoms with Crippen LogP contribution in [0.25, 0.3) is 11.1 Å². The van der Waals surface area contributed by atoms with Gasteiger partial charge in [0.05, 0.1) is 12.1 Å². The summed E-state index contributed by atoms with van der Waals surface area (Å²) < 4.78 is 5.16. The number of nitrogens with zero attached hydrogens (tertiary/aromatic N) is 1. The van der Waals surface area contributed by atoms with Crippen molar-refractivity contribution in [2.24, 2.45) is 11.8 Å². The zero-order chi connectivity index (χ0) is 18.7. The van der Waals surface area contributed by atoms with Crippen molar-refractivity contribution in [3.63, 3.8) is 0 Å². The van der Waals surface area contributed by atoms with Gasteiger partial charge in [-0.15, -0.1) is 0 Å². The fraction of sp³-hybridized carbons (Fsp3) is 0.350. The van der Waals surface area contributed by atoms with Crippen molar-refractivity contribution in [2.45, 2.75) is 26.2 Å². The van der Waals surface area contributed by atoms with E-state index in [1.54, 1.807) is 25.4 Å². The second-order valence-electron chi connectivity index (χ2n) is 6.64. The number of aromatic nitrogens is 1. The molecule has 2 unspecified atom stereocenters. The van der Waals surface area contributed by atoms with Crippen molar-refractivity contribution >= 4 is 29.1 Å². The van der Waals surface area contributed by atoms with Crippen LogP contribution >= 0.6 is 11.6 Å². The first-order valence-corrected chi connectivity index (χ1v) is 8.98. The molecule has 0 saturated heterocycles. The number of Topliss-reactive ketones (excluding diaryl/α,β-unsaturated/α-hetero) is 1. The molecule has 1 aromatic carbocycles. The van der Waals surface area contributed by atoms with E-state index in [1.165, 1.54) is 0 Å². The van der Waals surface area contributed by atoms with E-state index in [4.69, 9.17) is 16.3 Å². The average Bonchev–Trinajstić information content (AvgIpc) is 2.62. The largest absolute Gasteiger partial charge is 0.495 e. The first-order chi connectivity index (χ1) is 12.5. The molecule has 1 amide bonds. The molecule has 5 nitrogen and oxygen atoms in total. The highest BCUT2D eigenvalue weighted by molar-refractivity contribution is 6.32. The maximum Gasteiger partial charge on any atom is 0.228 e. The van der Waals surface area contributed by atoms with Gasteiger partial charge in [-0.25, -0.2) is 4.98 Å². The van der Waals surface area contributed by atoms with Gasteiger partial charge >= 0.3 is 0 Å². The molecule has 1 fully saturated rings. The molecule has 1 aliphatic rings. The Labute approximate surface area is 157 Å². The third-order valence-corrected chi connectivity index (χ3v) is 5.10. The number of halogens is 1. The Morgan fingerprint density at radius 3 is 2.65 bits per heavy atom. The van der Waals surface area contributed by atoms with Gasteiger partial charge in [0, 0.05) is 30.5 Å². The molecule has 1 aliphatic carbocycles. The maximum atomic E-state index is 12.5. The molecule has 136 valence electrons. The van der Waals surface area contributed by atoms with E-state index in [0.717, 1.165) is 11.1 Å². The maximum absolute atomic E-state index is 12.5. The number of pyridine rings is 1. The highest BCUT2D eigenvalue weighted by Gasteiger charge is 2.31. The van der Waals surface area contributed by atoms with E-state index in [9.17, 15) is 9.59 Å². The van der Waals surface area contributed by atoms with Gasteiger partial charge < -0.3 is 10.1 Å². The fourth-order valence-electron chi connectivity index (χ4n) is 3.30. The van der Waals surface area contributed by atoms with Crippen molar-refractivity contribution in [1.29, 1.82) is 0 Å². The van der Waals surface area contributed by atoms with Crippen LogP contribution in [0.15, 0.2) is 36.5 Å². The van der Waals surface area contributed by atoms with E-state index in [2.05, 4.69) is 10.3 Å². The van der Waals surface area contributed by atoms with Crippen LogP contribution in [0.1, 0.15) is 26.2 Å². The molecule has 0 radical (unpaired) electrons. The summed E-state index contributed by atoms with van der Waals surface area (Å²) in [5.41, 5.74) is 1.81. The van der Waals surface area contributed by atoms with Crippen LogP contribution < -0.4 is 10.1 Å². The van der Waals surface area contributed by atoms with Gasteiger partial charge in [0.1, 0.15) is 17.4 Å². The van der Waals surface area contributed by atoms with E-state index >= 15 is 0 Å². The molecule has 0 aliphatic heterocycles. The quantitative estimate of drug-likeness (QED) is 0.866. The number of hydrogen-bond acceptors (Lipinski definition) is 4. The van der Waals surface area contributed by atoms with E-state index in [-0.39, 0.29) is 23.5 Å².